The third-order valence-electron chi connectivity index (χ3n) is 7.36. The molecule has 2 aliphatic heterocycles. The van der Waals surface area contributed by atoms with Crippen molar-refractivity contribution in [3.05, 3.63) is 70.3 Å². The first-order valence-electron chi connectivity index (χ1n) is 13.3. The van der Waals surface area contributed by atoms with Crippen LogP contribution in [0, 0.1) is 5.82 Å². The van der Waals surface area contributed by atoms with Crippen LogP contribution in [0.1, 0.15) is 23.2 Å². The molecule has 0 bridgehead atoms. The number of carbonyl (C=O) groups excluding carboxylic acids is 1. The molecule has 0 spiro atoms. The molecular weight excluding hydrogens is 513 g/mol. The number of fused-ring (bicyclic) bond motifs is 3. The summed E-state index contributed by atoms with van der Waals surface area (Å²) in [5.41, 5.74) is 11.2. The number of nitrogens with zero attached hydrogens (tertiary/aromatic N) is 3. The van der Waals surface area contributed by atoms with Gasteiger partial charge in [0.05, 0.1) is 17.6 Å². The maximum Gasteiger partial charge on any atom is 0.256 e. The van der Waals surface area contributed by atoms with Gasteiger partial charge in [-0.1, -0.05) is 24.3 Å². The highest BCUT2D eigenvalue weighted by molar-refractivity contribution is 6.02. The van der Waals surface area contributed by atoms with Crippen LogP contribution in [-0.2, 0) is 0 Å². The first-order valence-corrected chi connectivity index (χ1v) is 13.3. The number of aromatic nitrogens is 1. The molecule has 11 heteroatoms. The van der Waals surface area contributed by atoms with E-state index in [1.807, 2.05) is 36.4 Å². The van der Waals surface area contributed by atoms with E-state index >= 15 is 4.39 Å². The Labute approximate surface area is 229 Å². The van der Waals surface area contributed by atoms with Gasteiger partial charge in [-0.05, 0) is 54.9 Å². The van der Waals surface area contributed by atoms with Crippen molar-refractivity contribution in [3.8, 4) is 17.2 Å². The van der Waals surface area contributed by atoms with Gasteiger partial charge in [-0.2, -0.15) is 0 Å². The summed E-state index contributed by atoms with van der Waals surface area (Å²) < 4.78 is 23.7. The standard InChI is InChI=1S/C29H30FN7O3/c30-21-15-19-25-27(24(21)33-9-12-36-10-3-4-11-36)40-23-14-18-6-2-1-5-17(18)13-22(23)37(25)16-20(26(19)38)28(39)34-7-8-35-29(31)32/h1-2,5-6,13-16,33H,3-4,7-12H2,(H,34,39)(H4,31,32,35). The maximum atomic E-state index is 15.6. The Morgan fingerprint density at radius 3 is 2.58 bits per heavy atom. The number of benzene rings is 3. The molecule has 1 saturated heterocycles. The van der Waals surface area contributed by atoms with Crippen molar-refractivity contribution in [2.75, 3.05) is 44.6 Å². The first kappa shape index (κ1) is 25.6. The lowest BCUT2D eigenvalue weighted by Gasteiger charge is -2.27. The van der Waals surface area contributed by atoms with E-state index < -0.39 is 17.2 Å². The predicted octanol–water partition coefficient (Wildman–Crippen LogP) is 2.90. The summed E-state index contributed by atoms with van der Waals surface area (Å²) in [7, 11) is 0. The number of anilines is 1. The third kappa shape index (κ3) is 4.68. The van der Waals surface area contributed by atoms with Gasteiger partial charge in [0.15, 0.2) is 23.3 Å². The number of hydrogen-bond acceptors (Lipinski definition) is 6. The van der Waals surface area contributed by atoms with E-state index in [0.29, 0.717) is 23.5 Å². The molecule has 3 aromatic carbocycles. The second kappa shape index (κ2) is 10.5. The molecule has 6 N–H and O–H groups in total. The fourth-order valence-electron chi connectivity index (χ4n) is 5.42. The van der Waals surface area contributed by atoms with Gasteiger partial charge in [-0.3, -0.25) is 14.6 Å². The molecule has 1 aromatic heterocycles. The Bertz CT molecular complexity index is 1720. The number of halogens is 1. The highest BCUT2D eigenvalue weighted by Crippen LogP contribution is 2.46. The van der Waals surface area contributed by atoms with Crippen LogP contribution in [0.3, 0.4) is 0 Å². The lowest BCUT2D eigenvalue weighted by atomic mass is 10.0. The van der Waals surface area contributed by atoms with Crippen LogP contribution in [0.25, 0.3) is 27.4 Å². The Morgan fingerprint density at radius 2 is 1.82 bits per heavy atom. The molecule has 0 atom stereocenters. The molecule has 206 valence electrons. The third-order valence-corrected chi connectivity index (χ3v) is 7.36. The van der Waals surface area contributed by atoms with Crippen LogP contribution >= 0.6 is 0 Å². The Morgan fingerprint density at radius 1 is 1.07 bits per heavy atom. The van der Waals surface area contributed by atoms with Gasteiger partial charge in [0.2, 0.25) is 5.43 Å². The van der Waals surface area contributed by atoms with Crippen molar-refractivity contribution in [3.63, 3.8) is 0 Å². The molecule has 40 heavy (non-hydrogen) atoms. The molecule has 0 aliphatic carbocycles. The molecular formula is C29H30FN7O3. The van der Waals surface area contributed by atoms with Gasteiger partial charge >= 0.3 is 0 Å². The van der Waals surface area contributed by atoms with Crippen LogP contribution in [0.5, 0.6) is 11.5 Å². The van der Waals surface area contributed by atoms with E-state index in [1.165, 1.54) is 25.1 Å². The topological polar surface area (TPSA) is 140 Å². The van der Waals surface area contributed by atoms with Gasteiger partial charge in [0, 0.05) is 25.8 Å². The van der Waals surface area contributed by atoms with E-state index in [9.17, 15) is 9.59 Å². The summed E-state index contributed by atoms with van der Waals surface area (Å²) in [6.45, 7) is 3.62. The molecule has 10 nitrogen and oxygen atoms in total. The maximum absolute atomic E-state index is 15.6. The smallest absolute Gasteiger partial charge is 0.256 e. The minimum atomic E-state index is -0.623. The number of pyridine rings is 1. The van der Waals surface area contributed by atoms with Gasteiger partial charge in [-0.25, -0.2) is 4.39 Å². The van der Waals surface area contributed by atoms with Crippen LogP contribution in [-0.4, -0.2) is 60.6 Å². The number of nitrogens with two attached hydrogens (primary N) is 2. The van der Waals surface area contributed by atoms with Gasteiger partial charge < -0.3 is 36.3 Å². The predicted molar refractivity (Wildman–Crippen MR) is 154 cm³/mol. The zero-order chi connectivity index (χ0) is 27.8. The van der Waals surface area contributed by atoms with E-state index in [1.54, 1.807) is 4.57 Å². The fourth-order valence-corrected chi connectivity index (χ4v) is 5.42. The molecule has 6 rings (SSSR count). The summed E-state index contributed by atoms with van der Waals surface area (Å²) in [5.74, 6) is -0.618. The summed E-state index contributed by atoms with van der Waals surface area (Å²) >= 11 is 0. The number of aliphatic imine (C=N–C) groups is 1. The molecule has 1 fully saturated rings. The zero-order valence-corrected chi connectivity index (χ0v) is 21.9. The highest BCUT2D eigenvalue weighted by Gasteiger charge is 2.29. The van der Waals surface area contributed by atoms with Crippen LogP contribution in [0.2, 0.25) is 0 Å². The average Bonchev–Trinajstić information content (AvgIpc) is 3.46. The van der Waals surface area contributed by atoms with Gasteiger partial charge in [0.25, 0.3) is 5.91 Å². The molecule has 3 heterocycles. The minimum absolute atomic E-state index is 0.0493. The Balaban J connectivity index is 1.47. The van der Waals surface area contributed by atoms with E-state index in [0.717, 1.165) is 30.4 Å². The van der Waals surface area contributed by atoms with Crippen molar-refractivity contribution in [1.82, 2.24) is 14.8 Å². The monoisotopic (exact) mass is 543 g/mol. The summed E-state index contributed by atoms with van der Waals surface area (Å²) in [6.07, 6.45) is 3.83. The summed E-state index contributed by atoms with van der Waals surface area (Å²) in [4.78, 5) is 32.8. The number of hydrogen-bond donors (Lipinski definition) is 4. The summed E-state index contributed by atoms with van der Waals surface area (Å²) in [6, 6.07) is 12.8. The number of likely N-dealkylation sites (tertiary alicyclic amines) is 1. The van der Waals surface area contributed by atoms with Crippen molar-refractivity contribution >= 4 is 39.2 Å². The highest BCUT2D eigenvalue weighted by atomic mass is 19.1. The number of carbonyl (C=O) groups is 1. The fraction of sp³-hybridized carbons (Fsp3) is 0.276. The largest absolute Gasteiger partial charge is 0.451 e. The number of guanidine groups is 1. The van der Waals surface area contributed by atoms with Gasteiger partial charge in [0.1, 0.15) is 16.8 Å². The van der Waals surface area contributed by atoms with E-state index in [-0.39, 0.29) is 41.4 Å². The Hall–Kier alpha value is -4.64. The normalized spacial score (nSPS) is 14.1. The SMILES string of the molecule is NC(N)=NCCNC(=O)c1cn2c3c(c(NCCN4CCCC4)c(F)cc3c1=O)Oc1cc3ccccc3cc1-2. The Kier molecular flexibility index (Phi) is 6.72. The number of rotatable bonds is 8. The van der Waals surface area contributed by atoms with Crippen LogP contribution in [0.4, 0.5) is 10.1 Å². The lowest BCUT2D eigenvalue weighted by molar-refractivity contribution is 0.0953. The minimum Gasteiger partial charge on any atom is -0.451 e. The second-order valence-corrected chi connectivity index (χ2v) is 10.0. The molecule has 0 saturated carbocycles. The van der Waals surface area contributed by atoms with Crippen molar-refractivity contribution in [2.24, 2.45) is 16.5 Å². The lowest BCUT2D eigenvalue weighted by Crippen LogP contribution is -2.32. The van der Waals surface area contributed by atoms with Gasteiger partial charge in [-0.15, -0.1) is 0 Å². The number of nitrogens with one attached hydrogen (secondary N) is 2. The first-order chi connectivity index (χ1) is 19.4. The molecule has 2 aliphatic rings. The molecule has 0 radical (unpaired) electrons. The average molecular weight is 544 g/mol. The second-order valence-electron chi connectivity index (χ2n) is 10.0. The zero-order valence-electron chi connectivity index (χ0n) is 21.9. The van der Waals surface area contributed by atoms with Crippen molar-refractivity contribution in [1.29, 1.82) is 0 Å². The number of amides is 1. The molecule has 4 aromatic rings. The van der Waals surface area contributed by atoms with E-state index in [4.69, 9.17) is 16.2 Å². The number of ether oxygens (including phenoxy) is 1. The van der Waals surface area contributed by atoms with E-state index in [2.05, 4.69) is 20.5 Å². The molecule has 0 unspecified atom stereocenters. The molecule has 1 amide bonds. The summed E-state index contributed by atoms with van der Waals surface area (Å²) in [5, 5.41) is 7.82. The van der Waals surface area contributed by atoms with Crippen LogP contribution < -0.4 is 32.3 Å². The quantitative estimate of drug-likeness (QED) is 0.134. The van der Waals surface area contributed by atoms with Crippen LogP contribution in [0.15, 0.2) is 58.4 Å². The van der Waals surface area contributed by atoms with Crippen molar-refractivity contribution in [2.45, 2.75) is 12.8 Å². The van der Waals surface area contributed by atoms with Crippen molar-refractivity contribution < 1.29 is 13.9 Å².